The van der Waals surface area contributed by atoms with Crippen molar-refractivity contribution in [3.05, 3.63) is 119 Å². The number of aryl methyl sites for hydroxylation is 8. The van der Waals surface area contributed by atoms with Crippen LogP contribution in [0, 0.1) is 79.7 Å². The molecule has 66 heavy (non-hydrogen) atoms. The minimum Gasteiger partial charge on any atom is -0.375 e. The molecule has 0 radical (unpaired) electrons. The summed E-state index contributed by atoms with van der Waals surface area (Å²) in [5.74, 6) is 0. The van der Waals surface area contributed by atoms with E-state index in [0.29, 0.717) is 0 Å². The van der Waals surface area contributed by atoms with Crippen LogP contribution in [0.2, 0.25) is 0 Å². The average Bonchev–Trinajstić information content (AvgIpc) is 4.03. The largest absolute Gasteiger partial charge is 2.00 e. The van der Waals surface area contributed by atoms with Crippen molar-refractivity contribution >= 4 is 93.2 Å². The van der Waals surface area contributed by atoms with Crippen molar-refractivity contribution in [2.75, 3.05) is 0 Å². The maximum atomic E-state index is 5.22. The molecule has 0 saturated carbocycles. The van der Waals surface area contributed by atoms with Crippen molar-refractivity contribution in [2.45, 2.75) is 95.1 Å². The van der Waals surface area contributed by atoms with Crippen LogP contribution in [0.25, 0.3) is 22.7 Å². The summed E-state index contributed by atoms with van der Waals surface area (Å²) in [7, 11) is 0. The van der Waals surface area contributed by atoms with Gasteiger partial charge in [0.25, 0.3) is 0 Å². The van der Waals surface area contributed by atoms with Gasteiger partial charge in [-0.2, -0.15) is 66.5 Å². The van der Waals surface area contributed by atoms with Gasteiger partial charge in [0.2, 0.25) is 0 Å². The minimum atomic E-state index is -0.281. The van der Waals surface area contributed by atoms with Crippen LogP contribution in [0.1, 0.15) is 45.6 Å². The van der Waals surface area contributed by atoms with Gasteiger partial charge in [-0.25, -0.2) is 0 Å². The molecule has 0 aliphatic carbocycles. The summed E-state index contributed by atoms with van der Waals surface area (Å²) in [6.45, 7) is 15.7. The maximum absolute atomic E-state index is 5.22. The third-order valence-electron chi connectivity index (χ3n) is 12.1. The van der Waals surface area contributed by atoms with E-state index in [1.165, 1.54) is 10.9 Å². The molecular weight excluding hydrogens is 1260 g/mol. The Morgan fingerprint density at radius 1 is 0.379 bits per heavy atom. The zero-order valence-corrected chi connectivity index (χ0v) is 44.2. The number of pyridine rings is 4. The molecule has 0 amide bonds. The van der Waals surface area contributed by atoms with Gasteiger partial charge >= 0.3 is 42.1 Å². The predicted octanol–water partition coefficient (Wildman–Crippen LogP) is 4.56. The fraction of sp³-hybridized carbons (Fsp3) is 0.174. The molecule has 0 unspecified atom stereocenters. The van der Waals surface area contributed by atoms with Gasteiger partial charge in [-0.05, 0) is 133 Å². The number of rotatable bonds is 4. The van der Waals surface area contributed by atoms with Crippen molar-refractivity contribution in [3.63, 3.8) is 0 Å². The van der Waals surface area contributed by atoms with Gasteiger partial charge < -0.3 is 19.9 Å². The molecule has 8 aromatic heterocycles. The zero-order valence-electron chi connectivity index (χ0n) is 36.4. The van der Waals surface area contributed by atoms with Crippen molar-refractivity contribution in [1.29, 1.82) is 0 Å². The summed E-state index contributed by atoms with van der Waals surface area (Å²) in [5.41, 5.74) is 17.3. The second-order valence-electron chi connectivity index (χ2n) is 16.7. The number of benzene rings is 1. The van der Waals surface area contributed by atoms with E-state index in [9.17, 15) is 0 Å². The molecule has 0 bridgehead atoms. The summed E-state index contributed by atoms with van der Waals surface area (Å²) in [5, 5.41) is 22.9. The Morgan fingerprint density at radius 2 is 0.606 bits per heavy atom. The van der Waals surface area contributed by atoms with Crippen molar-refractivity contribution < 1.29 is 42.1 Å². The SMILES string of the molecule is Cc1cc(C)n(-c2[c-]c3c(nc2)Sc2c4c5c(c6c2B3c2[c-]c(-n3nc(C)cc3C)cnc2S6)Sc2ncc(-n3nc(C)cc3C)[c-]c2B5c2[c-]c(-n3nc(C)cc3C)cnc2S4)n1.[Pt+2].[Pt+2]. The molecule has 4 aliphatic heterocycles. The van der Waals surface area contributed by atoms with Crippen molar-refractivity contribution in [1.82, 2.24) is 59.1 Å². The molecule has 0 atom stereocenters. The molecule has 0 spiro atoms. The number of hydrogen-bond donors (Lipinski definition) is 0. The fourth-order valence-electron chi connectivity index (χ4n) is 9.56. The quantitative estimate of drug-likeness (QED) is 0.182. The summed E-state index contributed by atoms with van der Waals surface area (Å²) >= 11 is 6.84. The minimum absolute atomic E-state index is 0. The number of nitrogens with zero attached hydrogens (tertiary/aromatic N) is 12. The van der Waals surface area contributed by atoms with Gasteiger partial charge in [-0.3, -0.25) is 18.7 Å². The Morgan fingerprint density at radius 3 is 0.803 bits per heavy atom. The van der Waals surface area contributed by atoms with Crippen LogP contribution in [0.4, 0.5) is 0 Å². The Kier molecular flexibility index (Phi) is 10.8. The Labute approximate surface area is 427 Å². The normalized spacial score (nSPS) is 13.5. The zero-order chi connectivity index (χ0) is 43.4. The van der Waals surface area contributed by atoms with E-state index in [1.54, 1.807) is 47.0 Å². The second-order valence-corrected chi connectivity index (χ2v) is 20.7. The first-order valence-electron chi connectivity index (χ1n) is 20.7. The second kappa shape index (κ2) is 16.1. The Balaban J connectivity index is 0.00000241. The topological polar surface area (TPSA) is 123 Å². The summed E-state index contributed by atoms with van der Waals surface area (Å²) in [6, 6.07) is 23.7. The van der Waals surface area contributed by atoms with E-state index < -0.39 is 0 Å². The molecule has 20 heteroatoms. The molecule has 0 saturated heterocycles. The number of fused-ring (bicyclic) bond motifs is 10. The summed E-state index contributed by atoms with van der Waals surface area (Å²) in [4.78, 5) is 25.5. The van der Waals surface area contributed by atoms with E-state index in [4.69, 9.17) is 40.3 Å². The first-order chi connectivity index (χ1) is 30.9. The number of hydrogen-bond acceptors (Lipinski definition) is 12. The molecule has 12 nitrogen and oxygen atoms in total. The molecular formula is C46H32B2N12Pt2S4. The van der Waals surface area contributed by atoms with Crippen LogP contribution in [-0.4, -0.2) is 72.5 Å². The molecule has 0 fully saturated rings. The van der Waals surface area contributed by atoms with Crippen LogP contribution >= 0.6 is 47.0 Å². The first kappa shape index (κ1) is 44.1. The summed E-state index contributed by atoms with van der Waals surface area (Å²) in [6.07, 6.45) is 7.57. The third-order valence-corrected chi connectivity index (χ3v) is 16.9. The van der Waals surface area contributed by atoms with Crippen molar-refractivity contribution in [2.24, 2.45) is 0 Å². The van der Waals surface area contributed by atoms with E-state index in [2.05, 4.69) is 76.2 Å². The van der Waals surface area contributed by atoms with Gasteiger partial charge in [0.1, 0.15) is 0 Å². The van der Waals surface area contributed by atoms with Gasteiger partial charge in [0, 0.05) is 42.4 Å². The maximum Gasteiger partial charge on any atom is 2.00 e. The molecule has 1 aromatic carbocycles. The number of aromatic nitrogens is 12. The van der Waals surface area contributed by atoms with E-state index >= 15 is 0 Å². The Bertz CT molecular complexity index is 3110. The van der Waals surface area contributed by atoms with E-state index in [-0.39, 0.29) is 55.6 Å². The van der Waals surface area contributed by atoms with Gasteiger partial charge in [0.15, 0.2) is 13.4 Å². The standard InChI is InChI=1S/C46H32B2N12S4.2Pt/c1-21-9-25(5)57(53-21)29-13-33-43(49-17-29)61-39-37-40(62-44-34(47(33)37)14-30(18-50-44)58-26(6)10-22(2)54-58)42-38-41(39)63-45-35(15-31(19-51-45)59-27(7)11-23(3)55-59)48(38)36-16-32(20-52-46(36)64-42)60-28(8)12-24(4)56-60;;/h9-12,17-20H,1-8H3;;/q-4;2*+2. The molecule has 9 aromatic rings. The molecule has 4 aliphatic rings. The van der Waals surface area contributed by atoms with Crippen LogP contribution in [0.15, 0.2) is 88.7 Å². The molecule has 0 N–H and O–H groups in total. The fourth-order valence-corrected chi connectivity index (χ4v) is 14.6. The van der Waals surface area contributed by atoms with E-state index in [0.717, 1.165) is 130 Å². The Hall–Kier alpha value is -4.43. The predicted molar refractivity (Wildman–Crippen MR) is 251 cm³/mol. The monoisotopic (exact) mass is 1290 g/mol. The molecule has 326 valence electrons. The third kappa shape index (κ3) is 6.63. The van der Waals surface area contributed by atoms with Gasteiger partial charge in [-0.1, -0.05) is 24.8 Å². The van der Waals surface area contributed by atoms with Crippen LogP contribution < -0.4 is 32.8 Å². The van der Waals surface area contributed by atoms with Crippen LogP contribution in [0.5, 0.6) is 0 Å². The van der Waals surface area contributed by atoms with E-state index in [1.807, 2.05) is 71.2 Å². The molecule has 12 heterocycles. The van der Waals surface area contributed by atoms with Crippen LogP contribution in [0.3, 0.4) is 0 Å². The molecule has 13 rings (SSSR count). The first-order valence-corrected chi connectivity index (χ1v) is 24.0. The van der Waals surface area contributed by atoms with Gasteiger partial charge in [0.05, 0.1) is 22.8 Å². The summed E-state index contributed by atoms with van der Waals surface area (Å²) < 4.78 is 7.73. The smallest absolute Gasteiger partial charge is 0.375 e. The van der Waals surface area contributed by atoms with Crippen LogP contribution in [-0.2, 0) is 42.1 Å². The van der Waals surface area contributed by atoms with Crippen molar-refractivity contribution in [3.8, 4) is 22.7 Å². The average molecular weight is 1290 g/mol. The van der Waals surface area contributed by atoms with Gasteiger partial charge in [-0.15, -0.1) is 47.0 Å².